The average Bonchev–Trinajstić information content (AvgIpc) is 2.68. The zero-order valence-electron chi connectivity index (χ0n) is 15.5. The third-order valence-electron chi connectivity index (χ3n) is 4.30. The SMILES string of the molecule is CCOc1ccccc1NC(=O)C(C)N1C(=O)COc2ccc(C(=O)O)cc21. The van der Waals surface area contributed by atoms with Gasteiger partial charge in [0.2, 0.25) is 5.91 Å². The molecule has 8 heteroatoms. The number of nitrogens with one attached hydrogen (secondary N) is 1. The van der Waals surface area contributed by atoms with Crippen molar-refractivity contribution in [3.05, 3.63) is 48.0 Å². The van der Waals surface area contributed by atoms with Crippen molar-refractivity contribution < 1.29 is 29.0 Å². The Kier molecular flexibility index (Phi) is 5.49. The highest BCUT2D eigenvalue weighted by Gasteiger charge is 2.34. The van der Waals surface area contributed by atoms with Crippen LogP contribution in [0.25, 0.3) is 0 Å². The maximum atomic E-state index is 12.8. The number of carboxylic acids is 1. The molecule has 8 nitrogen and oxygen atoms in total. The molecule has 3 rings (SSSR count). The predicted octanol–water partition coefficient (Wildman–Crippen LogP) is 2.54. The largest absolute Gasteiger partial charge is 0.492 e. The van der Waals surface area contributed by atoms with Crippen molar-refractivity contribution >= 4 is 29.2 Å². The van der Waals surface area contributed by atoms with Crippen LogP contribution in [0.2, 0.25) is 0 Å². The Labute approximate surface area is 161 Å². The van der Waals surface area contributed by atoms with Gasteiger partial charge in [-0.2, -0.15) is 0 Å². The monoisotopic (exact) mass is 384 g/mol. The van der Waals surface area contributed by atoms with Crippen LogP contribution in [0.5, 0.6) is 11.5 Å². The lowest BCUT2D eigenvalue weighted by Gasteiger charge is -2.33. The highest BCUT2D eigenvalue weighted by atomic mass is 16.5. The molecule has 0 radical (unpaired) electrons. The predicted molar refractivity (Wildman–Crippen MR) is 102 cm³/mol. The summed E-state index contributed by atoms with van der Waals surface area (Å²) in [7, 11) is 0. The summed E-state index contributed by atoms with van der Waals surface area (Å²) in [6, 6.07) is 10.3. The molecule has 1 atom stereocenters. The zero-order chi connectivity index (χ0) is 20.3. The van der Waals surface area contributed by atoms with Crippen molar-refractivity contribution in [3.63, 3.8) is 0 Å². The van der Waals surface area contributed by atoms with Crippen LogP contribution in [0.1, 0.15) is 24.2 Å². The maximum Gasteiger partial charge on any atom is 0.335 e. The number of carboxylic acid groups (broad SMARTS) is 1. The second-order valence-corrected chi connectivity index (χ2v) is 6.13. The van der Waals surface area contributed by atoms with E-state index in [-0.39, 0.29) is 17.9 Å². The van der Waals surface area contributed by atoms with Gasteiger partial charge in [-0.25, -0.2) is 4.79 Å². The number of benzene rings is 2. The first-order chi connectivity index (χ1) is 13.4. The van der Waals surface area contributed by atoms with Crippen LogP contribution < -0.4 is 19.7 Å². The number of carbonyl (C=O) groups excluding carboxylic acids is 2. The van der Waals surface area contributed by atoms with Crippen LogP contribution >= 0.6 is 0 Å². The van der Waals surface area contributed by atoms with Gasteiger partial charge in [0.05, 0.1) is 23.5 Å². The molecule has 0 saturated heterocycles. The van der Waals surface area contributed by atoms with Crippen LogP contribution in [0.15, 0.2) is 42.5 Å². The third-order valence-corrected chi connectivity index (χ3v) is 4.30. The Morgan fingerprint density at radius 3 is 2.75 bits per heavy atom. The number of amides is 2. The third kappa shape index (κ3) is 3.75. The minimum Gasteiger partial charge on any atom is -0.492 e. The summed E-state index contributed by atoms with van der Waals surface area (Å²) in [4.78, 5) is 37.8. The molecular weight excluding hydrogens is 364 g/mol. The van der Waals surface area contributed by atoms with E-state index in [0.29, 0.717) is 23.8 Å². The quantitative estimate of drug-likeness (QED) is 0.793. The van der Waals surface area contributed by atoms with Gasteiger partial charge in [0.15, 0.2) is 6.61 Å². The molecule has 2 N–H and O–H groups in total. The summed E-state index contributed by atoms with van der Waals surface area (Å²) in [6.07, 6.45) is 0. The van der Waals surface area contributed by atoms with E-state index >= 15 is 0 Å². The molecule has 0 saturated carbocycles. The smallest absolute Gasteiger partial charge is 0.335 e. The molecule has 0 aromatic heterocycles. The molecule has 0 spiro atoms. The molecule has 2 aromatic carbocycles. The number of anilines is 2. The van der Waals surface area contributed by atoms with E-state index in [1.54, 1.807) is 31.2 Å². The molecule has 0 aliphatic carbocycles. The fourth-order valence-electron chi connectivity index (χ4n) is 2.93. The number of aromatic carboxylic acids is 1. The summed E-state index contributed by atoms with van der Waals surface area (Å²) in [5.74, 6) is -1.14. The number of para-hydroxylation sites is 2. The topological polar surface area (TPSA) is 105 Å². The van der Waals surface area contributed by atoms with Crippen molar-refractivity contribution in [2.24, 2.45) is 0 Å². The van der Waals surface area contributed by atoms with E-state index in [4.69, 9.17) is 9.47 Å². The van der Waals surface area contributed by atoms with E-state index in [9.17, 15) is 19.5 Å². The van der Waals surface area contributed by atoms with Crippen LogP contribution in [0.4, 0.5) is 11.4 Å². The zero-order valence-corrected chi connectivity index (χ0v) is 15.5. The Morgan fingerprint density at radius 2 is 2.04 bits per heavy atom. The molecule has 1 unspecified atom stereocenters. The van der Waals surface area contributed by atoms with Gasteiger partial charge in [0.25, 0.3) is 5.91 Å². The van der Waals surface area contributed by atoms with Crippen molar-refractivity contribution in [3.8, 4) is 11.5 Å². The number of nitrogens with zero attached hydrogens (tertiary/aromatic N) is 1. The molecule has 1 aliphatic rings. The van der Waals surface area contributed by atoms with E-state index in [1.165, 1.54) is 23.1 Å². The molecule has 0 fully saturated rings. The van der Waals surface area contributed by atoms with E-state index in [1.807, 2.05) is 6.92 Å². The van der Waals surface area contributed by atoms with Crippen LogP contribution in [0, 0.1) is 0 Å². The molecule has 1 heterocycles. The van der Waals surface area contributed by atoms with Crippen LogP contribution in [-0.4, -0.2) is 42.1 Å². The lowest BCUT2D eigenvalue weighted by atomic mass is 10.1. The summed E-state index contributed by atoms with van der Waals surface area (Å²) >= 11 is 0. The second kappa shape index (κ2) is 7.99. The van der Waals surface area contributed by atoms with Gasteiger partial charge in [0.1, 0.15) is 17.5 Å². The number of hydrogen-bond acceptors (Lipinski definition) is 5. The van der Waals surface area contributed by atoms with Gasteiger partial charge in [-0.1, -0.05) is 12.1 Å². The maximum absolute atomic E-state index is 12.8. The van der Waals surface area contributed by atoms with Crippen molar-refractivity contribution in [2.45, 2.75) is 19.9 Å². The Bertz CT molecular complexity index is 927. The Hall–Kier alpha value is -3.55. The van der Waals surface area contributed by atoms with Crippen molar-refractivity contribution in [1.82, 2.24) is 0 Å². The van der Waals surface area contributed by atoms with Crippen LogP contribution in [-0.2, 0) is 9.59 Å². The molecule has 2 amide bonds. The number of carbonyl (C=O) groups is 3. The number of hydrogen-bond donors (Lipinski definition) is 2. The first-order valence-corrected chi connectivity index (χ1v) is 8.77. The van der Waals surface area contributed by atoms with Gasteiger partial charge in [-0.05, 0) is 44.2 Å². The Balaban J connectivity index is 1.89. The first-order valence-electron chi connectivity index (χ1n) is 8.77. The summed E-state index contributed by atoms with van der Waals surface area (Å²) < 4.78 is 10.9. The molecule has 1 aliphatic heterocycles. The van der Waals surface area contributed by atoms with Crippen LogP contribution in [0.3, 0.4) is 0 Å². The molecule has 28 heavy (non-hydrogen) atoms. The highest BCUT2D eigenvalue weighted by molar-refractivity contribution is 6.07. The number of ether oxygens (including phenoxy) is 2. The number of fused-ring (bicyclic) bond motifs is 1. The molecular formula is C20H20N2O6. The summed E-state index contributed by atoms with van der Waals surface area (Å²) in [5, 5.41) is 12.0. The number of rotatable bonds is 6. The van der Waals surface area contributed by atoms with E-state index < -0.39 is 23.8 Å². The highest BCUT2D eigenvalue weighted by Crippen LogP contribution is 2.35. The average molecular weight is 384 g/mol. The second-order valence-electron chi connectivity index (χ2n) is 6.13. The standard InChI is InChI=1S/C20H20N2O6/c1-3-27-16-7-5-4-6-14(16)21-19(24)12(2)22-15-10-13(20(25)26)8-9-17(15)28-11-18(22)23/h4-10,12H,3,11H2,1-2H3,(H,21,24)(H,25,26). The lowest BCUT2D eigenvalue weighted by molar-refractivity contribution is -0.125. The van der Waals surface area contributed by atoms with Gasteiger partial charge in [-0.3, -0.25) is 14.5 Å². The molecule has 146 valence electrons. The fourth-order valence-corrected chi connectivity index (χ4v) is 2.93. The van der Waals surface area contributed by atoms with Gasteiger partial charge in [0, 0.05) is 0 Å². The van der Waals surface area contributed by atoms with Gasteiger partial charge in [-0.15, -0.1) is 0 Å². The normalized spacial score (nSPS) is 13.9. The lowest BCUT2D eigenvalue weighted by Crippen LogP contribution is -2.49. The summed E-state index contributed by atoms with van der Waals surface area (Å²) in [6.45, 7) is 3.62. The van der Waals surface area contributed by atoms with Gasteiger partial charge >= 0.3 is 5.97 Å². The molecule has 0 bridgehead atoms. The minimum absolute atomic E-state index is 0.00338. The Morgan fingerprint density at radius 1 is 1.29 bits per heavy atom. The van der Waals surface area contributed by atoms with Crippen molar-refractivity contribution in [2.75, 3.05) is 23.4 Å². The van der Waals surface area contributed by atoms with Crippen molar-refractivity contribution in [1.29, 1.82) is 0 Å². The molecule has 2 aromatic rings. The minimum atomic E-state index is -1.14. The van der Waals surface area contributed by atoms with Gasteiger partial charge < -0.3 is 19.9 Å². The van der Waals surface area contributed by atoms with E-state index in [2.05, 4.69) is 5.32 Å². The first kappa shape index (κ1) is 19.2. The summed E-state index contributed by atoms with van der Waals surface area (Å²) in [5.41, 5.74) is 0.731. The fraction of sp³-hybridized carbons (Fsp3) is 0.250. The van der Waals surface area contributed by atoms with E-state index in [0.717, 1.165) is 0 Å².